The van der Waals surface area contributed by atoms with E-state index in [2.05, 4.69) is 27.5 Å². The second-order valence-corrected chi connectivity index (χ2v) is 4.86. The number of fused-ring (bicyclic) bond motifs is 1. The molecule has 2 heterocycles. The van der Waals surface area contributed by atoms with Crippen LogP contribution in [0.15, 0.2) is 42.6 Å². The van der Waals surface area contributed by atoms with Crippen molar-refractivity contribution in [2.45, 2.75) is 20.0 Å². The van der Waals surface area contributed by atoms with Gasteiger partial charge in [0.2, 0.25) is 0 Å². The number of rotatable bonds is 4. The van der Waals surface area contributed by atoms with E-state index in [0.29, 0.717) is 5.15 Å². The lowest BCUT2D eigenvalue weighted by molar-refractivity contribution is 0.677. The van der Waals surface area contributed by atoms with Gasteiger partial charge in [0.05, 0.1) is 11.1 Å². The smallest absolute Gasteiger partial charge is 0.162 e. The van der Waals surface area contributed by atoms with Gasteiger partial charge in [-0.2, -0.15) is 5.10 Å². The van der Waals surface area contributed by atoms with Crippen molar-refractivity contribution in [2.75, 3.05) is 5.32 Å². The summed E-state index contributed by atoms with van der Waals surface area (Å²) in [6.45, 7) is 3.51. The van der Waals surface area contributed by atoms with Crippen LogP contribution in [0.25, 0.3) is 11.0 Å². The summed E-state index contributed by atoms with van der Waals surface area (Å²) in [7, 11) is 0. The Hall–Kier alpha value is -2.07. The van der Waals surface area contributed by atoms with Crippen LogP contribution in [0.4, 0.5) is 5.69 Å². The van der Waals surface area contributed by atoms with Crippen LogP contribution in [0.2, 0.25) is 5.15 Å². The predicted molar refractivity (Wildman–Crippen MR) is 82.0 cm³/mol. The number of aryl methyl sites for hydroxylation is 1. The van der Waals surface area contributed by atoms with Crippen LogP contribution in [0.1, 0.15) is 12.5 Å². The van der Waals surface area contributed by atoms with Crippen molar-refractivity contribution in [3.63, 3.8) is 0 Å². The SMILES string of the molecule is CCn1nc(Cl)c2c(NCc3ccccc3)ccnc21. The van der Waals surface area contributed by atoms with Crippen LogP contribution >= 0.6 is 11.6 Å². The van der Waals surface area contributed by atoms with Crippen LogP contribution < -0.4 is 5.32 Å². The lowest BCUT2D eigenvalue weighted by Crippen LogP contribution is -2.01. The molecule has 0 saturated heterocycles. The minimum atomic E-state index is 0.491. The van der Waals surface area contributed by atoms with E-state index in [4.69, 9.17) is 11.6 Å². The van der Waals surface area contributed by atoms with Gasteiger partial charge in [-0.25, -0.2) is 9.67 Å². The van der Waals surface area contributed by atoms with Gasteiger partial charge in [0, 0.05) is 19.3 Å². The van der Waals surface area contributed by atoms with Gasteiger partial charge in [0.25, 0.3) is 0 Å². The highest BCUT2D eigenvalue weighted by Gasteiger charge is 2.12. The maximum atomic E-state index is 6.23. The van der Waals surface area contributed by atoms with Crippen molar-refractivity contribution in [3.05, 3.63) is 53.3 Å². The normalized spacial score (nSPS) is 10.9. The zero-order valence-corrected chi connectivity index (χ0v) is 11.9. The first-order valence-corrected chi connectivity index (χ1v) is 6.96. The highest BCUT2D eigenvalue weighted by molar-refractivity contribution is 6.35. The van der Waals surface area contributed by atoms with Gasteiger partial charge in [-0.3, -0.25) is 0 Å². The molecule has 0 atom stereocenters. The van der Waals surface area contributed by atoms with E-state index in [1.807, 2.05) is 35.9 Å². The monoisotopic (exact) mass is 286 g/mol. The number of nitrogens with zero attached hydrogens (tertiary/aromatic N) is 3. The van der Waals surface area contributed by atoms with Gasteiger partial charge in [-0.15, -0.1) is 0 Å². The topological polar surface area (TPSA) is 42.7 Å². The van der Waals surface area contributed by atoms with E-state index < -0.39 is 0 Å². The molecule has 0 spiro atoms. The van der Waals surface area contributed by atoms with Gasteiger partial charge in [-0.1, -0.05) is 41.9 Å². The molecule has 5 heteroatoms. The molecule has 4 nitrogen and oxygen atoms in total. The molecule has 0 saturated carbocycles. The maximum absolute atomic E-state index is 6.23. The Morgan fingerprint density at radius 3 is 2.75 bits per heavy atom. The molecule has 0 fully saturated rings. The number of anilines is 1. The summed E-state index contributed by atoms with van der Waals surface area (Å²) in [5.41, 5.74) is 3.00. The number of hydrogen-bond donors (Lipinski definition) is 1. The molecule has 0 radical (unpaired) electrons. The van der Waals surface area contributed by atoms with Crippen molar-refractivity contribution in [1.29, 1.82) is 0 Å². The Morgan fingerprint density at radius 1 is 1.20 bits per heavy atom. The van der Waals surface area contributed by atoms with E-state index in [0.717, 1.165) is 29.8 Å². The third kappa shape index (κ3) is 2.34. The molecule has 0 aliphatic heterocycles. The molecule has 0 bridgehead atoms. The molecule has 0 unspecified atom stereocenters. The van der Waals surface area contributed by atoms with Crippen LogP contribution in [0, 0.1) is 0 Å². The fraction of sp³-hybridized carbons (Fsp3) is 0.200. The summed E-state index contributed by atoms with van der Waals surface area (Å²) in [5, 5.41) is 9.08. The Bertz CT molecular complexity index is 721. The third-order valence-electron chi connectivity index (χ3n) is 3.22. The van der Waals surface area contributed by atoms with E-state index in [-0.39, 0.29) is 0 Å². The van der Waals surface area contributed by atoms with Crippen LogP contribution in [-0.2, 0) is 13.1 Å². The summed E-state index contributed by atoms with van der Waals surface area (Å²) >= 11 is 6.23. The lowest BCUT2D eigenvalue weighted by Gasteiger charge is -2.07. The Labute approximate surface area is 122 Å². The largest absolute Gasteiger partial charge is 0.380 e. The van der Waals surface area contributed by atoms with Gasteiger partial charge < -0.3 is 5.32 Å². The van der Waals surface area contributed by atoms with E-state index >= 15 is 0 Å². The minimum Gasteiger partial charge on any atom is -0.380 e. The van der Waals surface area contributed by atoms with Gasteiger partial charge in [0.15, 0.2) is 10.8 Å². The lowest BCUT2D eigenvalue weighted by atomic mass is 10.2. The molecule has 0 aliphatic rings. The van der Waals surface area contributed by atoms with E-state index in [1.165, 1.54) is 5.56 Å². The number of aromatic nitrogens is 3. The Kier molecular flexibility index (Phi) is 3.56. The highest BCUT2D eigenvalue weighted by atomic mass is 35.5. The summed E-state index contributed by atoms with van der Waals surface area (Å²) in [4.78, 5) is 4.36. The van der Waals surface area contributed by atoms with Gasteiger partial charge in [0.1, 0.15) is 0 Å². The first-order valence-electron chi connectivity index (χ1n) is 6.58. The van der Waals surface area contributed by atoms with Gasteiger partial charge in [-0.05, 0) is 18.6 Å². The summed E-state index contributed by atoms with van der Waals surface area (Å²) in [5.74, 6) is 0. The third-order valence-corrected chi connectivity index (χ3v) is 3.48. The molecule has 0 aliphatic carbocycles. The first-order chi connectivity index (χ1) is 9.79. The van der Waals surface area contributed by atoms with E-state index in [1.54, 1.807) is 6.20 Å². The average molecular weight is 287 g/mol. The summed E-state index contributed by atoms with van der Waals surface area (Å²) < 4.78 is 1.81. The molecular formula is C15H15ClN4. The molecule has 20 heavy (non-hydrogen) atoms. The first kappa shape index (κ1) is 12.9. The molecule has 1 aromatic carbocycles. The summed E-state index contributed by atoms with van der Waals surface area (Å²) in [6, 6.07) is 12.2. The zero-order chi connectivity index (χ0) is 13.9. The molecule has 0 amide bonds. The number of pyridine rings is 1. The van der Waals surface area contributed by atoms with Crippen molar-refractivity contribution >= 4 is 28.3 Å². The van der Waals surface area contributed by atoms with Crippen LogP contribution in [0.3, 0.4) is 0 Å². The maximum Gasteiger partial charge on any atom is 0.162 e. The van der Waals surface area contributed by atoms with Gasteiger partial charge >= 0.3 is 0 Å². The predicted octanol–water partition coefficient (Wildman–Crippen LogP) is 3.72. The molecule has 1 N–H and O–H groups in total. The van der Waals surface area contributed by atoms with Crippen molar-refractivity contribution < 1.29 is 0 Å². The van der Waals surface area contributed by atoms with Crippen molar-refractivity contribution in [1.82, 2.24) is 14.8 Å². The average Bonchev–Trinajstić information content (AvgIpc) is 2.83. The Morgan fingerprint density at radius 2 is 2.00 bits per heavy atom. The highest BCUT2D eigenvalue weighted by Crippen LogP contribution is 2.28. The Balaban J connectivity index is 1.94. The standard InChI is InChI=1S/C15H15ClN4/c1-2-20-15-13(14(16)19-20)12(8-9-17-15)18-10-11-6-4-3-5-7-11/h3-9H,2,10H2,1H3,(H,17,18). The van der Waals surface area contributed by atoms with E-state index in [9.17, 15) is 0 Å². The van der Waals surface area contributed by atoms with Crippen LogP contribution in [-0.4, -0.2) is 14.8 Å². The summed E-state index contributed by atoms with van der Waals surface area (Å²) in [6.07, 6.45) is 1.78. The molecule has 3 aromatic rings. The minimum absolute atomic E-state index is 0.491. The second-order valence-electron chi connectivity index (χ2n) is 4.50. The fourth-order valence-electron chi connectivity index (χ4n) is 2.21. The van der Waals surface area contributed by atoms with Crippen molar-refractivity contribution in [3.8, 4) is 0 Å². The molecule has 2 aromatic heterocycles. The zero-order valence-electron chi connectivity index (χ0n) is 11.2. The number of nitrogens with one attached hydrogen (secondary N) is 1. The quantitative estimate of drug-likeness (QED) is 0.795. The van der Waals surface area contributed by atoms with Crippen LogP contribution in [0.5, 0.6) is 0 Å². The number of hydrogen-bond acceptors (Lipinski definition) is 3. The molecule has 3 rings (SSSR count). The number of halogens is 1. The second kappa shape index (κ2) is 5.51. The number of benzene rings is 1. The molecular weight excluding hydrogens is 272 g/mol. The molecule has 102 valence electrons. The van der Waals surface area contributed by atoms with Crippen molar-refractivity contribution in [2.24, 2.45) is 0 Å². The fourth-order valence-corrected chi connectivity index (χ4v) is 2.49.